The van der Waals surface area contributed by atoms with E-state index in [1.165, 1.54) is 25.7 Å². The number of hydrogen-bond donors (Lipinski definition) is 2. The van der Waals surface area contributed by atoms with Crippen LogP contribution in [0.4, 0.5) is 5.69 Å². The molecule has 0 aromatic heterocycles. The zero-order valence-corrected chi connectivity index (χ0v) is 11.9. The normalized spacial score (nSPS) is 16.5. The molecule has 0 heterocycles. The lowest BCUT2D eigenvalue weighted by Gasteiger charge is -2.31. The van der Waals surface area contributed by atoms with Crippen LogP contribution >= 0.6 is 0 Å². The van der Waals surface area contributed by atoms with Crippen LogP contribution in [0.5, 0.6) is 0 Å². The van der Waals surface area contributed by atoms with Crippen molar-refractivity contribution in [1.82, 2.24) is 5.32 Å². The molecule has 0 saturated heterocycles. The minimum atomic E-state index is -0.0293. The van der Waals surface area contributed by atoms with E-state index in [4.69, 9.17) is 5.73 Å². The van der Waals surface area contributed by atoms with Crippen molar-refractivity contribution in [3.8, 4) is 0 Å². The van der Waals surface area contributed by atoms with Gasteiger partial charge in [-0.25, -0.2) is 0 Å². The van der Waals surface area contributed by atoms with Crippen LogP contribution in [0.15, 0.2) is 24.3 Å². The first-order valence-electron chi connectivity index (χ1n) is 7.13. The van der Waals surface area contributed by atoms with E-state index in [0.717, 1.165) is 12.5 Å². The van der Waals surface area contributed by atoms with E-state index in [1.807, 2.05) is 6.07 Å². The van der Waals surface area contributed by atoms with Crippen molar-refractivity contribution >= 4 is 11.6 Å². The van der Waals surface area contributed by atoms with E-state index >= 15 is 0 Å². The molecular formula is C16H24N2O. The summed E-state index contributed by atoms with van der Waals surface area (Å²) in [5.74, 6) is 0.701. The highest BCUT2D eigenvalue weighted by Gasteiger charge is 2.31. The third-order valence-electron chi connectivity index (χ3n) is 4.31. The zero-order valence-electron chi connectivity index (χ0n) is 11.9. The molecule has 3 heteroatoms. The Bertz CT molecular complexity index is 448. The number of nitrogens with two attached hydrogens (primary N) is 1. The molecular weight excluding hydrogens is 236 g/mol. The summed E-state index contributed by atoms with van der Waals surface area (Å²) in [5.41, 5.74) is 7.14. The van der Waals surface area contributed by atoms with Crippen molar-refractivity contribution < 1.29 is 4.79 Å². The van der Waals surface area contributed by atoms with Gasteiger partial charge in [0.1, 0.15) is 0 Å². The van der Waals surface area contributed by atoms with Crippen molar-refractivity contribution in [3.05, 3.63) is 29.8 Å². The number of hydrogen-bond acceptors (Lipinski definition) is 2. The SMILES string of the molecule is CC(C)(CNC(=O)c1cccc(N)c1)C1CCCC1. The van der Waals surface area contributed by atoms with Crippen LogP contribution in [0.25, 0.3) is 0 Å². The Balaban J connectivity index is 1.92. The van der Waals surface area contributed by atoms with Crippen LogP contribution in [0.1, 0.15) is 49.9 Å². The predicted octanol–water partition coefficient (Wildman–Crippen LogP) is 3.22. The molecule has 19 heavy (non-hydrogen) atoms. The summed E-state index contributed by atoms with van der Waals surface area (Å²) in [7, 11) is 0. The summed E-state index contributed by atoms with van der Waals surface area (Å²) in [6, 6.07) is 7.12. The van der Waals surface area contributed by atoms with Gasteiger partial charge in [-0.2, -0.15) is 0 Å². The van der Waals surface area contributed by atoms with Gasteiger partial charge < -0.3 is 11.1 Å². The lowest BCUT2D eigenvalue weighted by atomic mass is 9.77. The van der Waals surface area contributed by atoms with E-state index in [2.05, 4.69) is 19.2 Å². The maximum absolute atomic E-state index is 12.1. The first-order valence-corrected chi connectivity index (χ1v) is 7.13. The highest BCUT2D eigenvalue weighted by molar-refractivity contribution is 5.94. The molecule has 1 fully saturated rings. The molecule has 0 radical (unpaired) electrons. The van der Waals surface area contributed by atoms with Crippen LogP contribution in [-0.4, -0.2) is 12.5 Å². The molecule has 0 atom stereocenters. The Morgan fingerprint density at radius 2 is 2.05 bits per heavy atom. The van der Waals surface area contributed by atoms with Gasteiger partial charge in [-0.15, -0.1) is 0 Å². The Morgan fingerprint density at radius 1 is 1.37 bits per heavy atom. The molecule has 1 amide bonds. The lowest BCUT2D eigenvalue weighted by Crippen LogP contribution is -2.37. The van der Waals surface area contributed by atoms with Gasteiger partial charge in [-0.1, -0.05) is 32.8 Å². The number of nitrogen functional groups attached to an aromatic ring is 1. The Kier molecular flexibility index (Phi) is 4.13. The third-order valence-corrected chi connectivity index (χ3v) is 4.31. The number of rotatable bonds is 4. The molecule has 0 aliphatic heterocycles. The van der Waals surface area contributed by atoms with Gasteiger partial charge in [0.25, 0.3) is 5.91 Å². The molecule has 1 aromatic rings. The smallest absolute Gasteiger partial charge is 0.251 e. The van der Waals surface area contributed by atoms with Crippen LogP contribution < -0.4 is 11.1 Å². The molecule has 1 aliphatic rings. The minimum Gasteiger partial charge on any atom is -0.399 e. The predicted molar refractivity (Wildman–Crippen MR) is 78.9 cm³/mol. The highest BCUT2D eigenvalue weighted by Crippen LogP contribution is 2.39. The summed E-state index contributed by atoms with van der Waals surface area (Å²) < 4.78 is 0. The topological polar surface area (TPSA) is 55.1 Å². The van der Waals surface area contributed by atoms with Gasteiger partial charge in [-0.3, -0.25) is 4.79 Å². The van der Waals surface area contributed by atoms with Crippen LogP contribution in [-0.2, 0) is 0 Å². The molecule has 1 saturated carbocycles. The average Bonchev–Trinajstić information content (AvgIpc) is 2.90. The van der Waals surface area contributed by atoms with Crippen molar-refractivity contribution in [2.24, 2.45) is 11.3 Å². The second-order valence-electron chi connectivity index (χ2n) is 6.28. The fourth-order valence-electron chi connectivity index (χ4n) is 2.94. The largest absolute Gasteiger partial charge is 0.399 e. The standard InChI is InChI=1S/C16H24N2O/c1-16(2,13-7-3-4-8-13)11-18-15(19)12-6-5-9-14(17)10-12/h5-6,9-10,13H,3-4,7-8,11,17H2,1-2H3,(H,18,19). The number of carbonyl (C=O) groups excluding carboxylic acids is 1. The summed E-state index contributed by atoms with van der Waals surface area (Å²) in [5, 5.41) is 3.05. The molecule has 2 rings (SSSR count). The summed E-state index contributed by atoms with van der Waals surface area (Å²) >= 11 is 0. The van der Waals surface area contributed by atoms with Crippen LogP contribution in [0, 0.1) is 11.3 Å². The summed E-state index contributed by atoms with van der Waals surface area (Å²) in [6.45, 7) is 5.23. The maximum atomic E-state index is 12.1. The zero-order chi connectivity index (χ0) is 13.9. The molecule has 1 aliphatic carbocycles. The molecule has 0 bridgehead atoms. The number of amides is 1. The lowest BCUT2D eigenvalue weighted by molar-refractivity contribution is 0.0918. The van der Waals surface area contributed by atoms with E-state index in [9.17, 15) is 4.79 Å². The molecule has 1 aromatic carbocycles. The van der Waals surface area contributed by atoms with E-state index < -0.39 is 0 Å². The first-order chi connectivity index (χ1) is 8.99. The molecule has 3 nitrogen and oxygen atoms in total. The van der Waals surface area contributed by atoms with Gasteiger partial charge in [0, 0.05) is 17.8 Å². The fourth-order valence-corrected chi connectivity index (χ4v) is 2.94. The molecule has 0 unspecified atom stereocenters. The van der Waals surface area contributed by atoms with Gasteiger partial charge in [-0.05, 0) is 42.4 Å². The van der Waals surface area contributed by atoms with E-state index in [0.29, 0.717) is 11.3 Å². The number of anilines is 1. The highest BCUT2D eigenvalue weighted by atomic mass is 16.1. The van der Waals surface area contributed by atoms with Crippen molar-refractivity contribution in [2.75, 3.05) is 12.3 Å². The summed E-state index contributed by atoms with van der Waals surface area (Å²) in [6.07, 6.45) is 5.25. The number of carbonyl (C=O) groups is 1. The molecule has 104 valence electrons. The Labute approximate surface area is 115 Å². The Hall–Kier alpha value is -1.51. The second kappa shape index (κ2) is 5.64. The number of nitrogens with one attached hydrogen (secondary N) is 1. The summed E-state index contributed by atoms with van der Waals surface area (Å²) in [4.78, 5) is 12.1. The third kappa shape index (κ3) is 3.49. The fraction of sp³-hybridized carbons (Fsp3) is 0.562. The average molecular weight is 260 g/mol. The maximum Gasteiger partial charge on any atom is 0.251 e. The van der Waals surface area contributed by atoms with E-state index in [-0.39, 0.29) is 11.3 Å². The van der Waals surface area contributed by atoms with Gasteiger partial charge in [0.2, 0.25) is 0 Å². The number of benzene rings is 1. The molecule has 3 N–H and O–H groups in total. The van der Waals surface area contributed by atoms with Gasteiger partial charge in [0.05, 0.1) is 0 Å². The van der Waals surface area contributed by atoms with Crippen molar-refractivity contribution in [1.29, 1.82) is 0 Å². The van der Waals surface area contributed by atoms with Crippen LogP contribution in [0.2, 0.25) is 0 Å². The molecule has 0 spiro atoms. The van der Waals surface area contributed by atoms with Crippen molar-refractivity contribution in [2.45, 2.75) is 39.5 Å². The minimum absolute atomic E-state index is 0.0293. The monoisotopic (exact) mass is 260 g/mol. The van der Waals surface area contributed by atoms with Crippen molar-refractivity contribution in [3.63, 3.8) is 0 Å². The second-order valence-corrected chi connectivity index (χ2v) is 6.28. The van der Waals surface area contributed by atoms with E-state index in [1.54, 1.807) is 18.2 Å². The first kappa shape index (κ1) is 13.9. The van der Waals surface area contributed by atoms with Gasteiger partial charge in [0.15, 0.2) is 0 Å². The van der Waals surface area contributed by atoms with Gasteiger partial charge >= 0.3 is 0 Å². The van der Waals surface area contributed by atoms with Crippen LogP contribution in [0.3, 0.4) is 0 Å². The quantitative estimate of drug-likeness (QED) is 0.817. The Morgan fingerprint density at radius 3 is 2.68 bits per heavy atom.